The molecule has 0 spiro atoms. The number of fused-ring (bicyclic) bond motifs is 3. The number of aryl methyl sites for hydroxylation is 5. The fourth-order valence-corrected chi connectivity index (χ4v) is 16.7. The van der Waals surface area contributed by atoms with E-state index in [0.717, 1.165) is 45.0 Å². The summed E-state index contributed by atoms with van der Waals surface area (Å²) in [5.41, 5.74) is 10.7. The predicted octanol–water partition coefficient (Wildman–Crippen LogP) is 14.4. The molecule has 0 saturated carbocycles. The van der Waals surface area contributed by atoms with Crippen LogP contribution in [0.1, 0.15) is 27.8 Å². The standard InChI is InChI=1S/2C25H23N3O6S.C25H23N3O5S.2C8H11N3O2S.C8H10N2.3Na/c2*1-15-11-22(34-3)20(14-21(15)33-2)27-28-24-23(35(30,31)32)13-16-12-18(9-10-19(16)25(24)29)26-17-7-5-4-6-8-17;1-15-11-21(22(33-3)12-16(15)2)27-28-24-23(34(30,31)32)14-17-13-19(9-10-20(17)25(24)29)26-18-7-5-4-6-8-18;2*1-9-11-7-3-5-8(6-4-7)14(12,13)10-2;1-7-3-5-8(6-4-7)10-9-2;;;/h2*4-14,26,29H,1-3H3,(H,30,31,32);4-14,26,29H,1-3H3,(H,30,31,32);2*3-6,10H,1-2H3;3-6H,1-2H3;;;/q;;;;;;3*+1/p-3. The number of sulfonamides is 2. The molecule has 46 heteroatoms. The van der Waals surface area contributed by atoms with Crippen LogP contribution in [0, 0.1) is 34.6 Å². The van der Waals surface area contributed by atoms with E-state index in [1.165, 1.54) is 97.7 Å². The van der Waals surface area contributed by atoms with Crippen molar-refractivity contribution in [2.75, 3.05) is 86.7 Å². The molecule has 8 N–H and O–H groups in total. The summed E-state index contributed by atoms with van der Waals surface area (Å²) in [5.74, 6) is 0.746. The molecule has 0 fully saturated rings. The molecule has 0 saturated heterocycles. The molecule has 145 heavy (non-hydrogen) atoms. The van der Waals surface area contributed by atoms with Crippen molar-refractivity contribution in [2.24, 2.45) is 61.4 Å². The van der Waals surface area contributed by atoms with E-state index in [9.17, 15) is 71.1 Å². The Kier molecular flexibility index (Phi) is 45.0. The van der Waals surface area contributed by atoms with E-state index >= 15 is 0 Å². The third-order valence-corrected chi connectivity index (χ3v) is 26.0. The van der Waals surface area contributed by atoms with Gasteiger partial charge in [0.05, 0.1) is 77.1 Å². The van der Waals surface area contributed by atoms with Crippen LogP contribution in [0.4, 0.5) is 85.3 Å². The minimum Gasteiger partial charge on any atom is -0.744 e. The van der Waals surface area contributed by atoms with E-state index in [2.05, 4.69) is 86.8 Å². The molecule has 0 bridgehead atoms. The smallest absolute Gasteiger partial charge is 0.744 e. The Hall–Kier alpha value is -13.0. The zero-order valence-corrected chi connectivity index (χ0v) is 92.2. The van der Waals surface area contributed by atoms with Crippen LogP contribution in [0.3, 0.4) is 0 Å². The molecule has 15 rings (SSSR count). The molecule has 15 aromatic rings. The van der Waals surface area contributed by atoms with Crippen molar-refractivity contribution >= 4 is 168 Å². The predicted molar refractivity (Wildman–Crippen MR) is 541 cm³/mol. The van der Waals surface area contributed by atoms with Crippen LogP contribution in [0.2, 0.25) is 0 Å². The number of benzene rings is 15. The second-order valence-corrected chi connectivity index (χ2v) is 38.0. The van der Waals surface area contributed by atoms with Crippen LogP contribution in [-0.2, 0) is 50.4 Å². The molecule has 0 aliphatic carbocycles. The molecular weight excluding hydrogens is 1990 g/mol. The van der Waals surface area contributed by atoms with Gasteiger partial charge in [-0.25, -0.2) is 51.5 Å². The van der Waals surface area contributed by atoms with Crippen molar-refractivity contribution in [2.45, 2.75) is 59.1 Å². The molecule has 15 aromatic carbocycles. The summed E-state index contributed by atoms with van der Waals surface area (Å²) in [6.07, 6.45) is 0. The minimum absolute atomic E-state index is 0. The largest absolute Gasteiger partial charge is 1.00 e. The molecule has 0 unspecified atom stereocenters. The maximum Gasteiger partial charge on any atom is 1.00 e. The number of para-hydroxylation sites is 3. The van der Waals surface area contributed by atoms with Crippen LogP contribution in [0.5, 0.6) is 46.0 Å². The Morgan fingerprint density at radius 2 is 0.531 bits per heavy atom. The van der Waals surface area contributed by atoms with E-state index in [1.807, 2.05) is 150 Å². The summed E-state index contributed by atoms with van der Waals surface area (Å²) in [7, 11) is -6.80. The van der Waals surface area contributed by atoms with E-state index < -0.39 is 99.4 Å². The van der Waals surface area contributed by atoms with Crippen LogP contribution in [0.15, 0.2) is 359 Å². The number of hydrogen-bond donors (Lipinski definition) is 8. The van der Waals surface area contributed by atoms with Crippen molar-refractivity contribution in [3.8, 4) is 46.0 Å². The first-order chi connectivity index (χ1) is 67.6. The summed E-state index contributed by atoms with van der Waals surface area (Å²) < 4.78 is 185. The van der Waals surface area contributed by atoms with Gasteiger partial charge in [0, 0.05) is 83.6 Å². The number of phenols is 3. The third-order valence-electron chi connectivity index (χ3n) is 20.6. The van der Waals surface area contributed by atoms with Gasteiger partial charge in [-0.05, 0) is 281 Å². The van der Waals surface area contributed by atoms with Gasteiger partial charge in [0.2, 0.25) is 20.0 Å². The van der Waals surface area contributed by atoms with Gasteiger partial charge in [-0.15, -0.1) is 30.7 Å². The van der Waals surface area contributed by atoms with Crippen molar-refractivity contribution in [3.63, 3.8) is 0 Å². The van der Waals surface area contributed by atoms with Gasteiger partial charge in [0.25, 0.3) is 0 Å². The van der Waals surface area contributed by atoms with Gasteiger partial charge in [0.1, 0.15) is 93.2 Å². The monoisotopic (exact) mass is 2090 g/mol. The zero-order chi connectivity index (χ0) is 103. The number of azo groups is 6. The Morgan fingerprint density at radius 1 is 0.276 bits per heavy atom. The van der Waals surface area contributed by atoms with Gasteiger partial charge in [0.15, 0.2) is 17.2 Å². The van der Waals surface area contributed by atoms with Crippen LogP contribution in [0.25, 0.3) is 32.3 Å². The summed E-state index contributed by atoms with van der Waals surface area (Å²) in [6, 6.07) is 76.7. The maximum atomic E-state index is 12.1. The topological polar surface area (TPSA) is 555 Å². The first-order valence-electron chi connectivity index (χ1n) is 42.2. The Balaban J connectivity index is 0.000000248. The molecule has 0 radical (unpaired) electrons. The molecule has 38 nitrogen and oxygen atoms in total. The maximum absolute atomic E-state index is 12.1. The van der Waals surface area contributed by atoms with Crippen molar-refractivity contribution in [3.05, 3.63) is 301 Å². The van der Waals surface area contributed by atoms with Gasteiger partial charge in [-0.2, -0.15) is 30.7 Å². The van der Waals surface area contributed by atoms with Gasteiger partial charge < -0.3 is 68.6 Å². The van der Waals surface area contributed by atoms with Gasteiger partial charge in [-0.3, -0.25) is 0 Å². The Morgan fingerprint density at radius 3 is 0.786 bits per heavy atom. The average Bonchev–Trinajstić information content (AvgIpc) is 0.770. The summed E-state index contributed by atoms with van der Waals surface area (Å²) in [4.78, 5) is -1.62. The quantitative estimate of drug-likeness (QED) is 0.0135. The van der Waals surface area contributed by atoms with Gasteiger partial charge in [-0.1, -0.05) is 72.3 Å². The summed E-state index contributed by atoms with van der Waals surface area (Å²) in [6.45, 7) is 9.49. The van der Waals surface area contributed by atoms with Crippen LogP contribution >= 0.6 is 0 Å². The molecule has 0 atom stereocenters. The Labute approximate surface area is 906 Å². The van der Waals surface area contributed by atoms with Crippen molar-refractivity contribution < 1.29 is 183 Å². The van der Waals surface area contributed by atoms with Crippen LogP contribution < -0.4 is 138 Å². The number of nitrogens with zero attached hydrogens (tertiary/aromatic N) is 12. The fraction of sp³-hybridized carbons (Fsp3) is 0.152. The number of phenolic OH excluding ortho intramolecular Hbond substituents is 3. The summed E-state index contributed by atoms with van der Waals surface area (Å²) >= 11 is 0. The van der Waals surface area contributed by atoms with Crippen molar-refractivity contribution in [1.29, 1.82) is 0 Å². The normalized spacial score (nSPS) is 11.5. The van der Waals surface area contributed by atoms with E-state index in [-0.39, 0.29) is 110 Å². The molecule has 0 amide bonds. The van der Waals surface area contributed by atoms with Crippen molar-refractivity contribution in [1.82, 2.24) is 9.44 Å². The minimum atomic E-state index is -5.00. The Bertz CT molecular complexity index is 7570. The van der Waals surface area contributed by atoms with E-state index in [1.54, 1.807) is 136 Å². The first kappa shape index (κ1) is 119. The number of hydrogen-bond acceptors (Lipinski definition) is 36. The number of nitrogens with one attached hydrogen (secondary N) is 5. The number of aromatic hydroxyl groups is 3. The van der Waals surface area contributed by atoms with E-state index in [4.69, 9.17) is 23.7 Å². The zero-order valence-electron chi connectivity index (χ0n) is 82.1. The number of ether oxygens (including phenoxy) is 5. The number of anilines is 6. The molecule has 0 aliphatic rings. The number of methoxy groups -OCH3 is 5. The average molecular weight is 2090 g/mol. The SMILES string of the molecule is CN=Nc1ccc(C)cc1.CN=Nc1ccc(S(=O)(=O)NC)cc1.CN=Nc1ccc(S(=O)(=O)NC)cc1.COc1cc(C)c(C)cc1N=Nc1c(S(=O)(=O)[O-])cc2cc(Nc3ccccc3)ccc2c1O.COc1cc(N=Nc2c(S(=O)(=O)[O-])cc3cc(Nc4ccccc4)ccc3c2O)c(OC)cc1C.COc1cc(N=Nc2c(S(=O)(=O)[O-])cc3cc(Nc4ccccc4)ccc3c2O)c(OC)cc1C.[Na+].[Na+].[Na+]. The fourth-order valence-electron chi connectivity index (χ4n) is 13.3. The second-order valence-electron chi connectivity index (χ2n) is 30.2. The molecule has 0 aromatic heterocycles. The third kappa shape index (κ3) is 32.8. The molecule has 0 heterocycles. The van der Waals surface area contributed by atoms with E-state index in [0.29, 0.717) is 95.2 Å². The molecule has 0 aliphatic heterocycles. The van der Waals surface area contributed by atoms with Gasteiger partial charge >= 0.3 is 88.7 Å². The molecule has 738 valence electrons. The molecular formula is C99H98N17Na3O21S5. The first-order valence-corrected chi connectivity index (χ1v) is 49.4. The second kappa shape index (κ2) is 54.8. The summed E-state index contributed by atoms with van der Waals surface area (Å²) in [5, 5.41) is 90.4. The van der Waals surface area contributed by atoms with Crippen LogP contribution in [-0.4, -0.2) is 142 Å². The number of rotatable bonds is 27.